The molecule has 2 rings (SSSR count). The van der Waals surface area contributed by atoms with Gasteiger partial charge in [-0.05, 0) is 61.6 Å². The summed E-state index contributed by atoms with van der Waals surface area (Å²) in [7, 11) is 0. The summed E-state index contributed by atoms with van der Waals surface area (Å²) in [6.45, 7) is 8.53. The number of ether oxygens (including phenoxy) is 1. The lowest BCUT2D eigenvalue weighted by Gasteiger charge is -2.18. The van der Waals surface area contributed by atoms with Crippen molar-refractivity contribution < 1.29 is 4.74 Å². The van der Waals surface area contributed by atoms with Crippen molar-refractivity contribution >= 4 is 0 Å². The van der Waals surface area contributed by atoms with Crippen molar-refractivity contribution in [2.24, 2.45) is 0 Å². The Morgan fingerprint density at radius 3 is 2.29 bits per heavy atom. The lowest BCUT2D eigenvalue weighted by molar-refractivity contribution is 0.304. The highest BCUT2D eigenvalue weighted by Gasteiger charge is 2.09. The largest absolute Gasteiger partial charge is 0.494 e. The fourth-order valence-electron chi connectivity index (χ4n) is 3.64. The lowest BCUT2D eigenvalue weighted by Crippen LogP contribution is -2.23. The van der Waals surface area contributed by atoms with Crippen LogP contribution >= 0.6 is 0 Å². The molecule has 0 aromatic heterocycles. The lowest BCUT2D eigenvalue weighted by atomic mass is 10.0. The zero-order chi connectivity index (χ0) is 20.0. The Morgan fingerprint density at radius 2 is 1.57 bits per heavy atom. The first-order valence-corrected chi connectivity index (χ1v) is 11.2. The molecule has 0 bridgehead atoms. The third-order valence-corrected chi connectivity index (χ3v) is 5.50. The van der Waals surface area contributed by atoms with E-state index >= 15 is 0 Å². The monoisotopic (exact) mass is 381 g/mol. The molecule has 28 heavy (non-hydrogen) atoms. The number of rotatable bonds is 14. The zero-order valence-corrected chi connectivity index (χ0v) is 18.2. The van der Waals surface area contributed by atoms with Crippen molar-refractivity contribution in [2.45, 2.75) is 78.2 Å². The normalized spacial score (nSPS) is 12.1. The molecule has 0 saturated heterocycles. The van der Waals surface area contributed by atoms with Crippen LogP contribution in [0.15, 0.2) is 48.5 Å². The molecule has 1 unspecified atom stereocenters. The van der Waals surface area contributed by atoms with Crippen molar-refractivity contribution in [2.75, 3.05) is 13.2 Å². The Labute approximate surface area is 172 Å². The molecule has 0 aliphatic heterocycles. The molecule has 2 nitrogen and oxygen atoms in total. The van der Waals surface area contributed by atoms with Crippen LogP contribution in [0.25, 0.3) is 0 Å². The molecule has 2 aromatic carbocycles. The first kappa shape index (κ1) is 22.5. The van der Waals surface area contributed by atoms with Gasteiger partial charge in [0.15, 0.2) is 0 Å². The zero-order valence-electron chi connectivity index (χ0n) is 18.2. The van der Waals surface area contributed by atoms with E-state index in [1.54, 1.807) is 0 Å². The van der Waals surface area contributed by atoms with Crippen LogP contribution in [-0.2, 0) is 6.42 Å². The minimum absolute atomic E-state index is 0.400. The van der Waals surface area contributed by atoms with Gasteiger partial charge in [0.1, 0.15) is 5.75 Å². The minimum atomic E-state index is 0.400. The number of unbranched alkanes of at least 4 members (excludes halogenated alkanes) is 5. The van der Waals surface area contributed by atoms with E-state index < -0.39 is 0 Å². The maximum Gasteiger partial charge on any atom is 0.119 e. The van der Waals surface area contributed by atoms with E-state index in [4.69, 9.17) is 4.74 Å². The second-order valence-corrected chi connectivity index (χ2v) is 7.78. The molecule has 0 amide bonds. The van der Waals surface area contributed by atoms with Gasteiger partial charge in [-0.15, -0.1) is 0 Å². The maximum absolute atomic E-state index is 5.91. The summed E-state index contributed by atoms with van der Waals surface area (Å²) in [6.07, 6.45) is 9.96. The molecular weight excluding hydrogens is 342 g/mol. The molecule has 0 fully saturated rings. The van der Waals surface area contributed by atoms with Crippen LogP contribution in [0.3, 0.4) is 0 Å². The van der Waals surface area contributed by atoms with Crippen LogP contribution in [-0.4, -0.2) is 13.2 Å². The van der Waals surface area contributed by atoms with Crippen LogP contribution in [0.4, 0.5) is 0 Å². The number of aryl methyl sites for hydroxylation is 1. The summed E-state index contributed by atoms with van der Waals surface area (Å²) in [5.41, 5.74) is 4.16. The van der Waals surface area contributed by atoms with Crippen molar-refractivity contribution in [1.82, 2.24) is 5.32 Å². The van der Waals surface area contributed by atoms with E-state index in [0.717, 1.165) is 38.2 Å². The number of hydrogen-bond donors (Lipinski definition) is 1. The van der Waals surface area contributed by atoms with Crippen LogP contribution in [0.5, 0.6) is 5.75 Å². The molecule has 0 spiro atoms. The quantitative estimate of drug-likeness (QED) is 0.355. The Kier molecular flexibility index (Phi) is 10.8. The standard InChI is InChI=1S/C26H39NO/c1-4-6-7-8-9-12-21-28-25-17-15-24(16-18-25)26(5-2)27-20-19-23-14-11-10-13-22(23)3/h10-11,13-18,26-27H,4-9,12,19-21H2,1-3H3. The highest BCUT2D eigenvalue weighted by Crippen LogP contribution is 2.21. The van der Waals surface area contributed by atoms with Gasteiger partial charge < -0.3 is 10.1 Å². The molecule has 1 N–H and O–H groups in total. The van der Waals surface area contributed by atoms with E-state index in [-0.39, 0.29) is 0 Å². The van der Waals surface area contributed by atoms with Gasteiger partial charge in [0, 0.05) is 6.04 Å². The smallest absolute Gasteiger partial charge is 0.119 e. The molecule has 0 saturated carbocycles. The Balaban J connectivity index is 1.71. The molecule has 1 atom stereocenters. The third kappa shape index (κ3) is 8.06. The van der Waals surface area contributed by atoms with Crippen LogP contribution in [0.1, 0.15) is 81.5 Å². The SMILES string of the molecule is CCCCCCCCOc1ccc(C(CC)NCCc2ccccc2C)cc1. The van der Waals surface area contributed by atoms with E-state index in [0.29, 0.717) is 6.04 Å². The molecule has 0 aliphatic rings. The highest BCUT2D eigenvalue weighted by atomic mass is 16.5. The molecule has 2 aromatic rings. The van der Waals surface area contributed by atoms with Crippen molar-refractivity contribution in [3.63, 3.8) is 0 Å². The summed E-state index contributed by atoms with van der Waals surface area (Å²) >= 11 is 0. The van der Waals surface area contributed by atoms with Crippen molar-refractivity contribution in [3.05, 3.63) is 65.2 Å². The van der Waals surface area contributed by atoms with Gasteiger partial charge in [-0.3, -0.25) is 0 Å². The molecular formula is C26H39NO. The van der Waals surface area contributed by atoms with E-state index in [9.17, 15) is 0 Å². The summed E-state index contributed by atoms with van der Waals surface area (Å²) in [5, 5.41) is 3.72. The summed E-state index contributed by atoms with van der Waals surface area (Å²) < 4.78 is 5.91. The predicted octanol–water partition coefficient (Wildman–Crippen LogP) is 7.02. The Hall–Kier alpha value is -1.80. The number of nitrogens with one attached hydrogen (secondary N) is 1. The fourth-order valence-corrected chi connectivity index (χ4v) is 3.64. The van der Waals surface area contributed by atoms with Gasteiger partial charge in [-0.1, -0.05) is 82.3 Å². The summed E-state index contributed by atoms with van der Waals surface area (Å²) in [5.74, 6) is 0.993. The van der Waals surface area contributed by atoms with E-state index in [1.165, 1.54) is 48.8 Å². The van der Waals surface area contributed by atoms with Crippen molar-refractivity contribution in [3.8, 4) is 5.75 Å². The van der Waals surface area contributed by atoms with Crippen molar-refractivity contribution in [1.29, 1.82) is 0 Å². The van der Waals surface area contributed by atoms with Crippen LogP contribution in [0.2, 0.25) is 0 Å². The topological polar surface area (TPSA) is 21.3 Å². The summed E-state index contributed by atoms with van der Waals surface area (Å²) in [6, 6.07) is 17.7. The van der Waals surface area contributed by atoms with Gasteiger partial charge in [-0.25, -0.2) is 0 Å². The molecule has 0 heterocycles. The van der Waals surface area contributed by atoms with Crippen LogP contribution < -0.4 is 10.1 Å². The molecule has 154 valence electrons. The number of benzene rings is 2. The Bertz CT molecular complexity index is 650. The van der Waals surface area contributed by atoms with Gasteiger partial charge in [0.05, 0.1) is 6.61 Å². The molecule has 0 radical (unpaired) electrons. The average Bonchev–Trinajstić information content (AvgIpc) is 2.72. The summed E-state index contributed by atoms with van der Waals surface area (Å²) in [4.78, 5) is 0. The fraction of sp³-hybridized carbons (Fsp3) is 0.538. The molecule has 0 aliphatic carbocycles. The first-order chi connectivity index (χ1) is 13.7. The second kappa shape index (κ2) is 13.4. The highest BCUT2D eigenvalue weighted by molar-refractivity contribution is 5.29. The maximum atomic E-state index is 5.91. The minimum Gasteiger partial charge on any atom is -0.494 e. The number of hydrogen-bond acceptors (Lipinski definition) is 2. The first-order valence-electron chi connectivity index (χ1n) is 11.2. The van der Waals surface area contributed by atoms with Gasteiger partial charge in [-0.2, -0.15) is 0 Å². The predicted molar refractivity (Wildman–Crippen MR) is 121 cm³/mol. The van der Waals surface area contributed by atoms with E-state index in [1.807, 2.05) is 0 Å². The van der Waals surface area contributed by atoms with Gasteiger partial charge in [0.25, 0.3) is 0 Å². The van der Waals surface area contributed by atoms with E-state index in [2.05, 4.69) is 74.6 Å². The molecule has 2 heteroatoms. The van der Waals surface area contributed by atoms with Gasteiger partial charge >= 0.3 is 0 Å². The second-order valence-electron chi connectivity index (χ2n) is 7.78. The van der Waals surface area contributed by atoms with Gasteiger partial charge in [0.2, 0.25) is 0 Å². The van der Waals surface area contributed by atoms with Crippen LogP contribution in [0, 0.1) is 6.92 Å². The Morgan fingerprint density at radius 1 is 0.857 bits per heavy atom. The third-order valence-electron chi connectivity index (χ3n) is 5.50. The average molecular weight is 382 g/mol.